The average Bonchev–Trinajstić information content (AvgIpc) is 3.08. The molecule has 3 unspecified atom stereocenters. The zero-order valence-corrected chi connectivity index (χ0v) is 14.3. The maximum Gasteiger partial charge on any atom is 0.241 e. The van der Waals surface area contributed by atoms with Crippen molar-refractivity contribution in [2.45, 2.75) is 37.1 Å². The van der Waals surface area contributed by atoms with E-state index in [0.29, 0.717) is 23.5 Å². The van der Waals surface area contributed by atoms with Crippen molar-refractivity contribution in [3.05, 3.63) is 28.2 Å². The van der Waals surface area contributed by atoms with E-state index in [2.05, 4.69) is 20.7 Å². The summed E-state index contributed by atoms with van der Waals surface area (Å²) in [5, 5.41) is 0. The number of halogens is 1. The van der Waals surface area contributed by atoms with Gasteiger partial charge in [0.25, 0.3) is 0 Å². The third kappa shape index (κ3) is 3.18. The zero-order valence-electron chi connectivity index (χ0n) is 11.9. The first-order valence-electron chi connectivity index (χ1n) is 7.48. The number of fused-ring (bicyclic) bond motifs is 2. The van der Waals surface area contributed by atoms with E-state index in [-0.39, 0.29) is 4.90 Å². The second-order valence-electron chi connectivity index (χ2n) is 6.26. The molecule has 4 nitrogen and oxygen atoms in total. The third-order valence-corrected chi connectivity index (χ3v) is 7.36. The van der Waals surface area contributed by atoms with Gasteiger partial charge >= 0.3 is 0 Å². The van der Waals surface area contributed by atoms with Crippen molar-refractivity contribution in [1.29, 1.82) is 0 Å². The second kappa shape index (κ2) is 5.99. The number of nitrogens with one attached hydrogen (secondary N) is 1. The average molecular weight is 373 g/mol. The first-order chi connectivity index (χ1) is 9.99. The lowest BCUT2D eigenvalue weighted by Gasteiger charge is -2.22. The molecule has 0 aliphatic heterocycles. The quantitative estimate of drug-likeness (QED) is 0.834. The minimum Gasteiger partial charge on any atom is -0.326 e. The van der Waals surface area contributed by atoms with Crippen molar-refractivity contribution in [1.82, 2.24) is 4.72 Å². The smallest absolute Gasteiger partial charge is 0.241 e. The van der Waals surface area contributed by atoms with Crippen molar-refractivity contribution in [3.8, 4) is 0 Å². The first kappa shape index (κ1) is 15.5. The summed E-state index contributed by atoms with van der Waals surface area (Å²) in [6.07, 6.45) is 5.07. The highest BCUT2D eigenvalue weighted by molar-refractivity contribution is 9.10. The summed E-state index contributed by atoms with van der Waals surface area (Å²) in [5.74, 6) is 2.06. The molecule has 2 aliphatic rings. The molecular formula is C15H21BrN2O2S. The zero-order chi connectivity index (χ0) is 15.0. The molecule has 2 bridgehead atoms. The van der Waals surface area contributed by atoms with Gasteiger partial charge in [-0.2, -0.15) is 0 Å². The minimum absolute atomic E-state index is 0.286. The van der Waals surface area contributed by atoms with Crippen molar-refractivity contribution in [2.75, 3.05) is 6.54 Å². The fourth-order valence-corrected chi connectivity index (χ4v) is 5.91. The van der Waals surface area contributed by atoms with Crippen molar-refractivity contribution in [3.63, 3.8) is 0 Å². The molecule has 1 aromatic carbocycles. The van der Waals surface area contributed by atoms with E-state index in [9.17, 15) is 8.42 Å². The third-order valence-electron chi connectivity index (χ3n) is 4.94. The SMILES string of the molecule is NCc1ccc(Br)c(S(=O)(=O)NCC2CC3CCC2C3)c1. The highest BCUT2D eigenvalue weighted by Gasteiger charge is 2.39. The summed E-state index contributed by atoms with van der Waals surface area (Å²) in [7, 11) is -3.48. The van der Waals surface area contributed by atoms with E-state index in [0.717, 1.165) is 17.4 Å². The Morgan fingerprint density at radius 1 is 1.29 bits per heavy atom. The van der Waals surface area contributed by atoms with E-state index in [1.54, 1.807) is 12.1 Å². The Hall–Kier alpha value is -0.430. The molecular weight excluding hydrogens is 352 g/mol. The van der Waals surface area contributed by atoms with E-state index < -0.39 is 10.0 Å². The normalized spacial score (nSPS) is 28.2. The van der Waals surface area contributed by atoms with Crippen molar-refractivity contribution >= 4 is 26.0 Å². The molecule has 0 heterocycles. The molecule has 0 aromatic heterocycles. The van der Waals surface area contributed by atoms with Gasteiger partial charge in [-0.1, -0.05) is 12.5 Å². The Labute approximate surface area is 134 Å². The standard InChI is InChI=1S/C15H21BrN2O2S/c16-14-4-2-11(8-17)7-15(14)21(19,20)18-9-13-6-10-1-3-12(13)5-10/h2,4,7,10,12-13,18H,1,3,5-6,8-9,17H2. The molecule has 0 saturated heterocycles. The van der Waals surface area contributed by atoms with Crippen LogP contribution in [0.2, 0.25) is 0 Å². The summed E-state index contributed by atoms with van der Waals surface area (Å²) >= 11 is 3.32. The highest BCUT2D eigenvalue weighted by atomic mass is 79.9. The van der Waals surface area contributed by atoms with Gasteiger partial charge in [-0.15, -0.1) is 0 Å². The minimum atomic E-state index is -3.48. The van der Waals surface area contributed by atoms with Gasteiger partial charge in [0, 0.05) is 17.6 Å². The fourth-order valence-electron chi connectivity index (χ4n) is 3.80. The lowest BCUT2D eigenvalue weighted by molar-refractivity contribution is 0.333. The number of benzene rings is 1. The summed E-state index contributed by atoms with van der Waals surface area (Å²) < 4.78 is 28.4. The van der Waals surface area contributed by atoms with Crippen LogP contribution in [0.3, 0.4) is 0 Å². The lowest BCUT2D eigenvalue weighted by atomic mass is 9.89. The van der Waals surface area contributed by atoms with E-state index in [1.165, 1.54) is 25.7 Å². The first-order valence-corrected chi connectivity index (χ1v) is 9.75. The largest absolute Gasteiger partial charge is 0.326 e. The molecule has 3 atom stereocenters. The summed E-state index contributed by atoms with van der Waals surface area (Å²) in [6.45, 7) is 0.894. The predicted molar refractivity (Wildman–Crippen MR) is 86.2 cm³/mol. The number of sulfonamides is 1. The van der Waals surface area contributed by atoms with Crippen LogP contribution < -0.4 is 10.5 Å². The highest BCUT2D eigenvalue weighted by Crippen LogP contribution is 2.48. The Kier molecular flexibility index (Phi) is 4.41. The number of hydrogen-bond acceptors (Lipinski definition) is 3. The van der Waals surface area contributed by atoms with Gasteiger partial charge in [-0.05, 0) is 70.6 Å². The van der Waals surface area contributed by atoms with E-state index in [4.69, 9.17) is 5.73 Å². The van der Waals surface area contributed by atoms with Crippen LogP contribution in [0.25, 0.3) is 0 Å². The number of nitrogens with two attached hydrogens (primary N) is 1. The van der Waals surface area contributed by atoms with Gasteiger partial charge in [0.1, 0.15) is 0 Å². The van der Waals surface area contributed by atoms with Crippen molar-refractivity contribution in [2.24, 2.45) is 23.5 Å². The molecule has 0 radical (unpaired) electrons. The van der Waals surface area contributed by atoms with Crippen LogP contribution in [-0.4, -0.2) is 15.0 Å². The Balaban J connectivity index is 1.72. The summed E-state index contributed by atoms with van der Waals surface area (Å²) in [6, 6.07) is 5.22. The van der Waals surface area contributed by atoms with Gasteiger partial charge in [0.2, 0.25) is 10.0 Å². The van der Waals surface area contributed by atoms with Gasteiger partial charge in [0.05, 0.1) is 4.90 Å². The van der Waals surface area contributed by atoms with E-state index >= 15 is 0 Å². The molecule has 2 aliphatic carbocycles. The Bertz CT molecular complexity index is 633. The maximum absolute atomic E-state index is 12.5. The van der Waals surface area contributed by atoms with E-state index in [1.807, 2.05) is 6.07 Å². The van der Waals surface area contributed by atoms with Crippen LogP contribution in [0, 0.1) is 17.8 Å². The summed E-state index contributed by atoms with van der Waals surface area (Å²) in [5.41, 5.74) is 6.41. The molecule has 0 spiro atoms. The fraction of sp³-hybridized carbons (Fsp3) is 0.600. The van der Waals surface area contributed by atoms with Gasteiger partial charge < -0.3 is 5.73 Å². The lowest BCUT2D eigenvalue weighted by Crippen LogP contribution is -2.32. The van der Waals surface area contributed by atoms with Crippen LogP contribution in [0.4, 0.5) is 0 Å². The van der Waals surface area contributed by atoms with Crippen molar-refractivity contribution < 1.29 is 8.42 Å². The molecule has 116 valence electrons. The second-order valence-corrected chi connectivity index (χ2v) is 8.85. The molecule has 0 amide bonds. The van der Waals surface area contributed by atoms with Crippen LogP contribution >= 0.6 is 15.9 Å². The van der Waals surface area contributed by atoms with Gasteiger partial charge in [-0.25, -0.2) is 13.1 Å². The summed E-state index contributed by atoms with van der Waals surface area (Å²) in [4.78, 5) is 0.286. The Morgan fingerprint density at radius 3 is 2.71 bits per heavy atom. The van der Waals surface area contributed by atoms with Gasteiger partial charge in [0.15, 0.2) is 0 Å². The number of hydrogen-bond donors (Lipinski definition) is 2. The molecule has 3 N–H and O–H groups in total. The molecule has 1 aromatic rings. The maximum atomic E-state index is 12.5. The van der Waals surface area contributed by atoms with Crippen LogP contribution in [0.1, 0.15) is 31.2 Å². The monoisotopic (exact) mass is 372 g/mol. The van der Waals surface area contributed by atoms with Crippen LogP contribution in [0.15, 0.2) is 27.6 Å². The molecule has 2 fully saturated rings. The molecule has 2 saturated carbocycles. The van der Waals surface area contributed by atoms with Crippen LogP contribution in [-0.2, 0) is 16.6 Å². The number of rotatable bonds is 5. The Morgan fingerprint density at radius 2 is 2.10 bits per heavy atom. The molecule has 3 rings (SSSR count). The van der Waals surface area contributed by atoms with Crippen LogP contribution in [0.5, 0.6) is 0 Å². The predicted octanol–water partition coefficient (Wildman–Crippen LogP) is 2.62. The topological polar surface area (TPSA) is 72.2 Å². The molecule has 21 heavy (non-hydrogen) atoms. The molecule has 6 heteroatoms. The van der Waals surface area contributed by atoms with Gasteiger partial charge in [-0.3, -0.25) is 0 Å².